The van der Waals surface area contributed by atoms with Gasteiger partial charge >= 0.3 is 0 Å². The fourth-order valence-corrected chi connectivity index (χ4v) is 1.79. The first-order valence-electron chi connectivity index (χ1n) is 4.51. The molecule has 2 heterocycles. The third kappa shape index (κ3) is 1.13. The van der Waals surface area contributed by atoms with Crippen molar-refractivity contribution in [2.24, 2.45) is 0 Å². The molecule has 1 saturated heterocycles. The van der Waals surface area contributed by atoms with E-state index in [1.807, 2.05) is 18.2 Å². The molecule has 1 aliphatic rings. The minimum atomic E-state index is 0.665. The van der Waals surface area contributed by atoms with Crippen molar-refractivity contribution in [2.45, 2.75) is 0 Å². The SMILES string of the molecule is Clc1cccc2c(N3CC3)cnnc12. The van der Waals surface area contributed by atoms with Gasteiger partial charge in [-0.3, -0.25) is 0 Å². The van der Waals surface area contributed by atoms with Crippen LogP contribution in [0.3, 0.4) is 0 Å². The average Bonchev–Trinajstić information content (AvgIpc) is 3.01. The van der Waals surface area contributed by atoms with Crippen molar-refractivity contribution < 1.29 is 0 Å². The highest BCUT2D eigenvalue weighted by atomic mass is 35.5. The first-order chi connectivity index (χ1) is 6.86. The van der Waals surface area contributed by atoms with E-state index in [0.717, 1.165) is 29.7 Å². The summed E-state index contributed by atoms with van der Waals surface area (Å²) in [5, 5.41) is 9.76. The maximum atomic E-state index is 6.03. The third-order valence-electron chi connectivity index (χ3n) is 2.39. The van der Waals surface area contributed by atoms with Crippen LogP contribution in [0, 0.1) is 0 Å². The van der Waals surface area contributed by atoms with E-state index in [0.29, 0.717) is 5.02 Å². The zero-order valence-corrected chi connectivity index (χ0v) is 8.20. The van der Waals surface area contributed by atoms with Gasteiger partial charge in [0.2, 0.25) is 0 Å². The molecular weight excluding hydrogens is 198 g/mol. The Kier molecular flexibility index (Phi) is 1.61. The normalized spacial score (nSPS) is 14.8. The van der Waals surface area contributed by atoms with Gasteiger partial charge in [-0.15, -0.1) is 5.10 Å². The summed E-state index contributed by atoms with van der Waals surface area (Å²) in [5.74, 6) is 0. The second-order valence-corrected chi connectivity index (χ2v) is 3.76. The predicted molar refractivity (Wildman–Crippen MR) is 56.8 cm³/mol. The van der Waals surface area contributed by atoms with Gasteiger partial charge < -0.3 is 4.90 Å². The van der Waals surface area contributed by atoms with Crippen LogP contribution in [0.5, 0.6) is 0 Å². The fourth-order valence-electron chi connectivity index (χ4n) is 1.58. The van der Waals surface area contributed by atoms with E-state index in [2.05, 4.69) is 15.1 Å². The maximum Gasteiger partial charge on any atom is 0.114 e. The summed E-state index contributed by atoms with van der Waals surface area (Å²) in [5.41, 5.74) is 1.93. The van der Waals surface area contributed by atoms with E-state index in [9.17, 15) is 0 Å². The Morgan fingerprint density at radius 1 is 1.29 bits per heavy atom. The second-order valence-electron chi connectivity index (χ2n) is 3.35. The van der Waals surface area contributed by atoms with Gasteiger partial charge in [0.1, 0.15) is 5.52 Å². The smallest absolute Gasteiger partial charge is 0.114 e. The number of fused-ring (bicyclic) bond motifs is 1. The summed E-state index contributed by atoms with van der Waals surface area (Å²) < 4.78 is 0. The van der Waals surface area contributed by atoms with Crippen LogP contribution in [0.25, 0.3) is 10.9 Å². The first kappa shape index (κ1) is 8.00. The molecule has 0 spiro atoms. The zero-order valence-electron chi connectivity index (χ0n) is 7.44. The molecule has 0 atom stereocenters. The Labute approximate surface area is 86.3 Å². The number of halogens is 1. The van der Waals surface area contributed by atoms with Crippen LogP contribution in [-0.4, -0.2) is 23.3 Å². The van der Waals surface area contributed by atoms with Crippen molar-refractivity contribution in [3.05, 3.63) is 29.4 Å². The Hall–Kier alpha value is -1.35. The Balaban J connectivity index is 2.35. The van der Waals surface area contributed by atoms with E-state index < -0.39 is 0 Å². The van der Waals surface area contributed by atoms with Gasteiger partial charge in [0.25, 0.3) is 0 Å². The summed E-state index contributed by atoms with van der Waals surface area (Å²) in [6.07, 6.45) is 1.80. The first-order valence-corrected chi connectivity index (χ1v) is 4.89. The van der Waals surface area contributed by atoms with Gasteiger partial charge in [-0.2, -0.15) is 5.10 Å². The molecule has 0 saturated carbocycles. The van der Waals surface area contributed by atoms with Crippen molar-refractivity contribution in [2.75, 3.05) is 18.0 Å². The van der Waals surface area contributed by atoms with Crippen molar-refractivity contribution in [1.82, 2.24) is 10.2 Å². The quantitative estimate of drug-likeness (QED) is 0.668. The molecule has 0 N–H and O–H groups in total. The highest BCUT2D eigenvalue weighted by Gasteiger charge is 2.21. The van der Waals surface area contributed by atoms with Crippen molar-refractivity contribution >= 4 is 28.2 Å². The Bertz CT molecular complexity index is 494. The lowest BCUT2D eigenvalue weighted by Crippen LogP contribution is -1.95. The lowest BCUT2D eigenvalue weighted by Gasteiger charge is -2.06. The summed E-state index contributed by atoms with van der Waals surface area (Å²) >= 11 is 6.03. The number of nitrogens with zero attached hydrogens (tertiary/aromatic N) is 3. The van der Waals surface area contributed by atoms with E-state index in [-0.39, 0.29) is 0 Å². The van der Waals surface area contributed by atoms with Crippen molar-refractivity contribution in [3.8, 4) is 0 Å². The summed E-state index contributed by atoms with van der Waals surface area (Å²) in [4.78, 5) is 2.24. The molecule has 3 nitrogen and oxygen atoms in total. The number of hydrogen-bond donors (Lipinski definition) is 0. The van der Waals surface area contributed by atoms with Gasteiger partial charge in [-0.25, -0.2) is 0 Å². The van der Waals surface area contributed by atoms with Crippen LogP contribution in [0.15, 0.2) is 24.4 Å². The van der Waals surface area contributed by atoms with Gasteiger partial charge in [0, 0.05) is 18.5 Å². The molecule has 0 bridgehead atoms. The van der Waals surface area contributed by atoms with Gasteiger partial charge in [0.05, 0.1) is 16.9 Å². The summed E-state index contributed by atoms with van der Waals surface area (Å²) in [7, 11) is 0. The number of rotatable bonds is 1. The van der Waals surface area contributed by atoms with Gasteiger partial charge in [-0.05, 0) is 6.07 Å². The second kappa shape index (κ2) is 2.82. The molecule has 70 valence electrons. The van der Waals surface area contributed by atoms with E-state index >= 15 is 0 Å². The highest BCUT2D eigenvalue weighted by Crippen LogP contribution is 2.31. The molecule has 0 amide bonds. The molecule has 1 fully saturated rings. The van der Waals surface area contributed by atoms with E-state index in [4.69, 9.17) is 11.6 Å². The lowest BCUT2D eigenvalue weighted by atomic mass is 10.2. The number of benzene rings is 1. The Morgan fingerprint density at radius 2 is 2.14 bits per heavy atom. The number of hydrogen-bond acceptors (Lipinski definition) is 3. The number of aromatic nitrogens is 2. The predicted octanol–water partition coefficient (Wildman–Crippen LogP) is 2.10. The molecule has 0 radical (unpaired) electrons. The molecule has 2 aromatic rings. The molecular formula is C10H8ClN3. The summed E-state index contributed by atoms with van der Waals surface area (Å²) in [6, 6.07) is 5.81. The topological polar surface area (TPSA) is 28.8 Å². The minimum absolute atomic E-state index is 0.665. The van der Waals surface area contributed by atoms with Gasteiger partial charge in [-0.1, -0.05) is 23.7 Å². The van der Waals surface area contributed by atoms with Crippen LogP contribution < -0.4 is 4.90 Å². The standard InChI is InChI=1S/C10H8ClN3/c11-8-3-1-2-7-9(14-4-5-14)6-12-13-10(7)8/h1-3,6H,4-5H2. The highest BCUT2D eigenvalue weighted by molar-refractivity contribution is 6.35. The third-order valence-corrected chi connectivity index (χ3v) is 2.69. The molecule has 1 aromatic carbocycles. The minimum Gasteiger partial charge on any atom is -0.366 e. The molecule has 1 aromatic heterocycles. The fraction of sp³-hybridized carbons (Fsp3) is 0.200. The number of anilines is 1. The van der Waals surface area contributed by atoms with Gasteiger partial charge in [0.15, 0.2) is 0 Å². The summed E-state index contributed by atoms with van der Waals surface area (Å²) in [6.45, 7) is 2.21. The van der Waals surface area contributed by atoms with Crippen LogP contribution in [0.4, 0.5) is 5.69 Å². The van der Waals surface area contributed by atoms with E-state index in [1.54, 1.807) is 6.20 Å². The van der Waals surface area contributed by atoms with Crippen molar-refractivity contribution in [1.29, 1.82) is 0 Å². The monoisotopic (exact) mass is 205 g/mol. The molecule has 0 unspecified atom stereocenters. The molecule has 14 heavy (non-hydrogen) atoms. The van der Waals surface area contributed by atoms with E-state index in [1.165, 1.54) is 0 Å². The largest absolute Gasteiger partial charge is 0.366 e. The van der Waals surface area contributed by atoms with Crippen LogP contribution >= 0.6 is 11.6 Å². The van der Waals surface area contributed by atoms with Crippen LogP contribution in [0.1, 0.15) is 0 Å². The van der Waals surface area contributed by atoms with Crippen LogP contribution in [-0.2, 0) is 0 Å². The van der Waals surface area contributed by atoms with Crippen molar-refractivity contribution in [3.63, 3.8) is 0 Å². The lowest BCUT2D eigenvalue weighted by molar-refractivity contribution is 1.07. The Morgan fingerprint density at radius 3 is 2.93 bits per heavy atom. The molecule has 1 aliphatic heterocycles. The van der Waals surface area contributed by atoms with Crippen LogP contribution in [0.2, 0.25) is 5.02 Å². The molecule has 4 heteroatoms. The molecule has 3 rings (SSSR count). The zero-order chi connectivity index (χ0) is 9.54. The average molecular weight is 206 g/mol. The molecule has 0 aliphatic carbocycles. The maximum absolute atomic E-state index is 6.03.